The Morgan fingerprint density at radius 1 is 1.38 bits per heavy atom. The van der Waals surface area contributed by atoms with Crippen LogP contribution in [0.3, 0.4) is 0 Å². The van der Waals surface area contributed by atoms with E-state index in [1.54, 1.807) is 0 Å². The van der Waals surface area contributed by atoms with Crippen molar-refractivity contribution in [2.24, 2.45) is 0 Å². The molecule has 0 bridgehead atoms. The van der Waals surface area contributed by atoms with Crippen molar-refractivity contribution in [1.82, 2.24) is 10.6 Å². The van der Waals surface area contributed by atoms with Crippen LogP contribution in [-0.4, -0.2) is 24.5 Å². The molecule has 3 nitrogen and oxygen atoms in total. The Morgan fingerprint density at radius 3 is 2.54 bits per heavy atom. The van der Waals surface area contributed by atoms with E-state index in [1.165, 1.54) is 25.7 Å². The number of carbonyl (C=O) groups is 1. The molecule has 1 fully saturated rings. The Morgan fingerprint density at radius 2 is 2.00 bits per heavy atom. The number of rotatable bonds is 4. The zero-order chi connectivity index (χ0) is 9.68. The lowest BCUT2D eigenvalue weighted by atomic mass is 10.2. The molecule has 0 radical (unpaired) electrons. The molecule has 76 valence electrons. The molecule has 0 heterocycles. The third-order valence-electron chi connectivity index (χ3n) is 2.36. The highest BCUT2D eigenvalue weighted by Gasteiger charge is 2.15. The summed E-state index contributed by atoms with van der Waals surface area (Å²) in [6, 6.07) is 0.829. The summed E-state index contributed by atoms with van der Waals surface area (Å²) >= 11 is 0. The van der Waals surface area contributed by atoms with Crippen molar-refractivity contribution in [3.8, 4) is 0 Å². The van der Waals surface area contributed by atoms with Crippen LogP contribution in [0.4, 0.5) is 0 Å². The monoisotopic (exact) mass is 184 g/mol. The van der Waals surface area contributed by atoms with Gasteiger partial charge in [0.25, 0.3) is 0 Å². The van der Waals surface area contributed by atoms with Gasteiger partial charge in [-0.25, -0.2) is 0 Å². The molecule has 0 atom stereocenters. The summed E-state index contributed by atoms with van der Waals surface area (Å²) in [4.78, 5) is 11.2. The molecule has 3 heteroatoms. The van der Waals surface area contributed by atoms with Gasteiger partial charge in [-0.2, -0.15) is 0 Å². The lowest BCUT2D eigenvalue weighted by Crippen LogP contribution is -2.40. The average molecular weight is 184 g/mol. The molecule has 1 saturated carbocycles. The van der Waals surface area contributed by atoms with E-state index in [1.807, 2.05) is 13.8 Å². The summed E-state index contributed by atoms with van der Waals surface area (Å²) in [5.74, 6) is 0.113. The van der Waals surface area contributed by atoms with E-state index < -0.39 is 0 Å². The average Bonchev–Trinajstić information content (AvgIpc) is 2.51. The Hall–Kier alpha value is -0.570. The number of nitrogens with one attached hydrogen (secondary N) is 2. The smallest absolute Gasteiger partial charge is 0.234 e. The van der Waals surface area contributed by atoms with Gasteiger partial charge in [-0.05, 0) is 26.7 Å². The quantitative estimate of drug-likeness (QED) is 0.685. The van der Waals surface area contributed by atoms with Crippen LogP contribution in [0.2, 0.25) is 0 Å². The molecule has 0 aromatic heterocycles. The standard InChI is InChI=1S/C10H20N2O/c1-8(2)12-10(13)7-11-9-5-3-4-6-9/h8-9,11H,3-7H2,1-2H3,(H,12,13). The minimum atomic E-state index is 0.113. The zero-order valence-corrected chi connectivity index (χ0v) is 8.60. The normalized spacial score (nSPS) is 18.1. The van der Waals surface area contributed by atoms with Gasteiger partial charge in [-0.3, -0.25) is 4.79 Å². The number of carbonyl (C=O) groups excluding carboxylic acids is 1. The predicted molar refractivity (Wildman–Crippen MR) is 53.5 cm³/mol. The highest BCUT2D eigenvalue weighted by molar-refractivity contribution is 5.78. The van der Waals surface area contributed by atoms with Crippen LogP contribution in [0, 0.1) is 0 Å². The van der Waals surface area contributed by atoms with E-state index in [0.29, 0.717) is 12.6 Å². The largest absolute Gasteiger partial charge is 0.353 e. The van der Waals surface area contributed by atoms with E-state index >= 15 is 0 Å². The molecule has 0 aromatic rings. The SMILES string of the molecule is CC(C)NC(=O)CNC1CCCC1. The molecule has 1 aliphatic rings. The summed E-state index contributed by atoms with van der Waals surface area (Å²) in [6.45, 7) is 4.43. The van der Waals surface area contributed by atoms with Crippen molar-refractivity contribution < 1.29 is 4.79 Å². The Bertz CT molecular complexity index is 162. The number of hydrogen-bond acceptors (Lipinski definition) is 2. The minimum Gasteiger partial charge on any atom is -0.353 e. The van der Waals surface area contributed by atoms with E-state index in [0.717, 1.165) is 0 Å². The van der Waals surface area contributed by atoms with Gasteiger partial charge < -0.3 is 10.6 Å². The highest BCUT2D eigenvalue weighted by atomic mass is 16.1. The zero-order valence-electron chi connectivity index (χ0n) is 8.60. The first-order valence-corrected chi connectivity index (χ1v) is 5.21. The second kappa shape index (κ2) is 5.22. The summed E-state index contributed by atoms with van der Waals surface area (Å²) in [6.07, 6.45) is 5.08. The molecule has 2 N–H and O–H groups in total. The third kappa shape index (κ3) is 4.27. The predicted octanol–water partition coefficient (Wildman–Crippen LogP) is 1.04. The van der Waals surface area contributed by atoms with Gasteiger partial charge in [0.1, 0.15) is 0 Å². The molecular formula is C10H20N2O. The van der Waals surface area contributed by atoms with Crippen molar-refractivity contribution in [2.75, 3.05) is 6.54 Å². The molecule has 1 rings (SSSR count). The summed E-state index contributed by atoms with van der Waals surface area (Å²) in [5.41, 5.74) is 0. The molecule has 0 aliphatic heterocycles. The molecule has 1 aliphatic carbocycles. The van der Waals surface area contributed by atoms with Crippen molar-refractivity contribution >= 4 is 5.91 Å². The van der Waals surface area contributed by atoms with Crippen molar-refractivity contribution in [2.45, 2.75) is 51.6 Å². The maximum Gasteiger partial charge on any atom is 0.234 e. The fraction of sp³-hybridized carbons (Fsp3) is 0.900. The van der Waals surface area contributed by atoms with Crippen LogP contribution in [0.15, 0.2) is 0 Å². The van der Waals surface area contributed by atoms with Gasteiger partial charge in [-0.1, -0.05) is 12.8 Å². The van der Waals surface area contributed by atoms with Gasteiger partial charge in [0.15, 0.2) is 0 Å². The fourth-order valence-corrected chi connectivity index (χ4v) is 1.74. The number of hydrogen-bond donors (Lipinski definition) is 2. The Kier molecular flexibility index (Phi) is 4.22. The highest BCUT2D eigenvalue weighted by Crippen LogP contribution is 2.17. The van der Waals surface area contributed by atoms with Crippen molar-refractivity contribution in [3.63, 3.8) is 0 Å². The van der Waals surface area contributed by atoms with Gasteiger partial charge in [0, 0.05) is 12.1 Å². The van der Waals surface area contributed by atoms with Gasteiger partial charge in [0.2, 0.25) is 5.91 Å². The van der Waals surface area contributed by atoms with Crippen LogP contribution in [0.1, 0.15) is 39.5 Å². The molecule has 0 spiro atoms. The molecule has 0 saturated heterocycles. The molecule has 0 unspecified atom stereocenters. The van der Waals surface area contributed by atoms with Gasteiger partial charge >= 0.3 is 0 Å². The minimum absolute atomic E-state index is 0.113. The van der Waals surface area contributed by atoms with E-state index in [4.69, 9.17) is 0 Å². The van der Waals surface area contributed by atoms with Crippen LogP contribution in [0.25, 0.3) is 0 Å². The third-order valence-corrected chi connectivity index (χ3v) is 2.36. The Labute approximate surface area is 80.3 Å². The summed E-state index contributed by atoms with van der Waals surface area (Å²) in [5, 5.41) is 6.14. The van der Waals surface area contributed by atoms with E-state index in [-0.39, 0.29) is 11.9 Å². The van der Waals surface area contributed by atoms with Crippen LogP contribution in [-0.2, 0) is 4.79 Å². The lowest BCUT2D eigenvalue weighted by molar-refractivity contribution is -0.120. The van der Waals surface area contributed by atoms with E-state index in [2.05, 4.69) is 10.6 Å². The molecule has 13 heavy (non-hydrogen) atoms. The second-order valence-electron chi connectivity index (χ2n) is 4.08. The number of amides is 1. The lowest BCUT2D eigenvalue weighted by Gasteiger charge is -2.13. The van der Waals surface area contributed by atoms with Crippen molar-refractivity contribution in [3.05, 3.63) is 0 Å². The summed E-state index contributed by atoms with van der Waals surface area (Å²) in [7, 11) is 0. The molecular weight excluding hydrogens is 164 g/mol. The van der Waals surface area contributed by atoms with Gasteiger partial charge in [-0.15, -0.1) is 0 Å². The molecule has 1 amide bonds. The second-order valence-corrected chi connectivity index (χ2v) is 4.08. The summed E-state index contributed by atoms with van der Waals surface area (Å²) < 4.78 is 0. The fourth-order valence-electron chi connectivity index (χ4n) is 1.74. The van der Waals surface area contributed by atoms with E-state index in [9.17, 15) is 4.79 Å². The topological polar surface area (TPSA) is 41.1 Å². The van der Waals surface area contributed by atoms with Crippen molar-refractivity contribution in [1.29, 1.82) is 0 Å². The van der Waals surface area contributed by atoms with Crippen LogP contribution < -0.4 is 10.6 Å². The first-order chi connectivity index (χ1) is 6.18. The van der Waals surface area contributed by atoms with Crippen LogP contribution in [0.5, 0.6) is 0 Å². The molecule has 0 aromatic carbocycles. The first-order valence-electron chi connectivity index (χ1n) is 5.21. The Balaban J connectivity index is 2.07. The maximum atomic E-state index is 11.2. The first kappa shape index (κ1) is 10.5. The van der Waals surface area contributed by atoms with Gasteiger partial charge in [0.05, 0.1) is 6.54 Å². The maximum absolute atomic E-state index is 11.2. The van der Waals surface area contributed by atoms with Crippen LogP contribution >= 0.6 is 0 Å².